The number of nitrogens with zero attached hydrogens (tertiary/aromatic N) is 4. The number of amides is 1. The molecule has 1 fully saturated rings. The molecule has 2 N–H and O–H groups in total. The van der Waals surface area contributed by atoms with Crippen molar-refractivity contribution in [2.75, 3.05) is 61.3 Å². The van der Waals surface area contributed by atoms with Gasteiger partial charge in [-0.2, -0.15) is 15.0 Å². The van der Waals surface area contributed by atoms with Crippen molar-refractivity contribution in [1.82, 2.24) is 15.0 Å². The van der Waals surface area contributed by atoms with E-state index < -0.39 is 0 Å². The number of nitrogens with one attached hydrogen (secondary N) is 2. The molecule has 2 atom stereocenters. The van der Waals surface area contributed by atoms with Crippen LogP contribution in [0.5, 0.6) is 0 Å². The van der Waals surface area contributed by atoms with Crippen molar-refractivity contribution < 1.29 is 19.0 Å². The normalized spacial score (nSPS) is 19.6. The van der Waals surface area contributed by atoms with Gasteiger partial charge in [0.25, 0.3) is 0 Å². The maximum atomic E-state index is 11.9. The second-order valence-electron chi connectivity index (χ2n) is 5.43. The molecule has 0 bridgehead atoms. The van der Waals surface area contributed by atoms with Gasteiger partial charge in [0.05, 0.1) is 0 Å². The molecule has 1 aromatic heterocycles. The smallest absolute Gasteiger partial charge is 0.240 e. The largest absolute Gasteiger partial charge is 0.370 e. The maximum absolute atomic E-state index is 11.9. The number of rotatable bonds is 10. The predicted molar refractivity (Wildman–Crippen MR) is 108 cm³/mol. The molecule has 2 unspecified atom stereocenters. The van der Waals surface area contributed by atoms with Crippen LogP contribution in [0.25, 0.3) is 0 Å². The Labute approximate surface area is 167 Å². The fourth-order valence-electron chi connectivity index (χ4n) is 2.12. The summed E-state index contributed by atoms with van der Waals surface area (Å²) in [5.74, 6) is 2.41. The lowest BCUT2D eigenvalue weighted by Gasteiger charge is -2.26. The summed E-state index contributed by atoms with van der Waals surface area (Å²) in [4.78, 5) is 26.0. The fourth-order valence-corrected chi connectivity index (χ4v) is 4.64. The average Bonchev–Trinajstić information content (AvgIpc) is 2.66. The summed E-state index contributed by atoms with van der Waals surface area (Å²) < 4.78 is 16.2. The van der Waals surface area contributed by atoms with Crippen LogP contribution in [0, 0.1) is 0 Å². The molecule has 1 amide bonds. The van der Waals surface area contributed by atoms with Crippen LogP contribution in [-0.2, 0) is 19.0 Å². The molecule has 1 saturated heterocycles. The zero-order valence-corrected chi connectivity index (χ0v) is 17.6. The molecule has 1 aliphatic heterocycles. The topological polar surface area (TPSA) is 111 Å². The van der Waals surface area contributed by atoms with E-state index in [4.69, 9.17) is 14.2 Å². The number of hydrogen-bond donors (Lipinski definition) is 2. The first-order valence-corrected chi connectivity index (χ1v) is 10.6. The molecule has 27 heavy (non-hydrogen) atoms. The highest BCUT2D eigenvalue weighted by atomic mass is 32.2. The molecule has 12 heteroatoms. The van der Waals surface area contributed by atoms with Gasteiger partial charge in [0.15, 0.2) is 0 Å². The minimum atomic E-state index is -0.226. The van der Waals surface area contributed by atoms with Crippen LogP contribution in [0.15, 0.2) is 0 Å². The van der Waals surface area contributed by atoms with Gasteiger partial charge in [-0.1, -0.05) is 0 Å². The van der Waals surface area contributed by atoms with E-state index >= 15 is 0 Å². The number of ether oxygens (including phenoxy) is 3. The Morgan fingerprint density at radius 3 is 2.37 bits per heavy atom. The highest BCUT2D eigenvalue weighted by Crippen LogP contribution is 2.30. The quantitative estimate of drug-likeness (QED) is 0.538. The van der Waals surface area contributed by atoms with Crippen molar-refractivity contribution in [2.24, 2.45) is 0 Å². The van der Waals surface area contributed by atoms with Crippen molar-refractivity contribution in [3.8, 4) is 0 Å². The van der Waals surface area contributed by atoms with Gasteiger partial charge in [-0.05, 0) is 6.92 Å². The SMILES string of the molecule is CCNc1nc(NCOC2CSC(OC)CS2)nc(N(COC)C(C)=O)n1. The van der Waals surface area contributed by atoms with E-state index in [9.17, 15) is 4.79 Å². The van der Waals surface area contributed by atoms with Gasteiger partial charge in [-0.3, -0.25) is 9.69 Å². The van der Waals surface area contributed by atoms with E-state index in [0.717, 1.165) is 11.5 Å². The van der Waals surface area contributed by atoms with Gasteiger partial charge in [0, 0.05) is 39.2 Å². The minimum Gasteiger partial charge on any atom is -0.370 e. The van der Waals surface area contributed by atoms with Crippen LogP contribution in [0.2, 0.25) is 0 Å². The van der Waals surface area contributed by atoms with Crippen LogP contribution < -0.4 is 15.5 Å². The van der Waals surface area contributed by atoms with E-state index in [1.54, 1.807) is 30.6 Å². The van der Waals surface area contributed by atoms with E-state index in [-0.39, 0.29) is 36.2 Å². The lowest BCUT2D eigenvalue weighted by Crippen LogP contribution is -2.33. The first-order chi connectivity index (χ1) is 13.1. The molecule has 0 spiro atoms. The third kappa shape index (κ3) is 6.96. The molecule has 152 valence electrons. The third-order valence-electron chi connectivity index (χ3n) is 3.44. The molecule has 0 aromatic carbocycles. The van der Waals surface area contributed by atoms with Crippen LogP contribution in [0.1, 0.15) is 13.8 Å². The molecule has 10 nitrogen and oxygen atoms in total. The Balaban J connectivity index is 1.99. The maximum Gasteiger partial charge on any atom is 0.240 e. The Bertz CT molecular complexity index is 604. The van der Waals surface area contributed by atoms with Crippen LogP contribution in [0.3, 0.4) is 0 Å². The van der Waals surface area contributed by atoms with Crippen LogP contribution in [0.4, 0.5) is 17.8 Å². The number of hydrogen-bond acceptors (Lipinski definition) is 11. The van der Waals surface area contributed by atoms with Crippen molar-refractivity contribution in [3.63, 3.8) is 0 Å². The average molecular weight is 419 g/mol. The molecule has 2 heterocycles. The van der Waals surface area contributed by atoms with Gasteiger partial charge in [0.1, 0.15) is 24.3 Å². The standard InChI is InChI=1S/C15H26N6O4S2/c1-5-16-13-18-14(20-15(19-13)21(9-23-3)10(2)22)17-8-25-12-7-26-11(24-4)6-27-12/h11-12H,5-9H2,1-4H3,(H2,16,17,18,19,20). The summed E-state index contributed by atoms with van der Waals surface area (Å²) in [7, 11) is 3.22. The Hall–Kier alpha value is -1.34. The number of anilines is 3. The zero-order chi connectivity index (χ0) is 19.6. The Morgan fingerprint density at radius 2 is 1.81 bits per heavy atom. The van der Waals surface area contributed by atoms with E-state index in [2.05, 4.69) is 25.6 Å². The van der Waals surface area contributed by atoms with Crippen molar-refractivity contribution in [1.29, 1.82) is 0 Å². The Kier molecular flexibility index (Phi) is 9.34. The summed E-state index contributed by atoms with van der Waals surface area (Å²) >= 11 is 3.45. The lowest BCUT2D eigenvalue weighted by atomic mass is 10.6. The highest BCUT2D eigenvalue weighted by Gasteiger charge is 2.22. The third-order valence-corrected chi connectivity index (χ3v) is 6.25. The summed E-state index contributed by atoms with van der Waals surface area (Å²) in [6, 6.07) is 0. The van der Waals surface area contributed by atoms with Gasteiger partial charge in [0.2, 0.25) is 23.8 Å². The number of methoxy groups -OCH3 is 2. The first-order valence-electron chi connectivity index (χ1n) is 8.45. The molecular weight excluding hydrogens is 392 g/mol. The van der Waals surface area contributed by atoms with Gasteiger partial charge >= 0.3 is 0 Å². The molecule has 1 aromatic rings. The van der Waals surface area contributed by atoms with E-state index in [1.165, 1.54) is 18.9 Å². The number of thioether (sulfide) groups is 2. The molecule has 0 radical (unpaired) electrons. The molecule has 1 aliphatic rings. The van der Waals surface area contributed by atoms with Crippen LogP contribution in [-0.4, -0.2) is 77.5 Å². The second kappa shape index (κ2) is 11.5. The predicted octanol–water partition coefficient (Wildman–Crippen LogP) is 1.42. The summed E-state index contributed by atoms with van der Waals surface area (Å²) in [6.07, 6.45) is 0. The number of carbonyl (C=O) groups excluding carboxylic acids is 1. The zero-order valence-electron chi connectivity index (χ0n) is 15.9. The van der Waals surface area contributed by atoms with Gasteiger partial charge < -0.3 is 24.8 Å². The fraction of sp³-hybridized carbons (Fsp3) is 0.733. The Morgan fingerprint density at radius 1 is 1.15 bits per heavy atom. The molecule has 0 saturated carbocycles. The van der Waals surface area contributed by atoms with Gasteiger partial charge in [-0.15, -0.1) is 23.5 Å². The number of aromatic nitrogens is 3. The number of carbonyl (C=O) groups is 1. The summed E-state index contributed by atoms with van der Waals surface area (Å²) in [5, 5.41) is 6.07. The molecule has 0 aliphatic carbocycles. The summed E-state index contributed by atoms with van der Waals surface area (Å²) in [5.41, 5.74) is 0.292. The minimum absolute atomic E-state index is 0.0530. The van der Waals surface area contributed by atoms with Crippen molar-refractivity contribution in [3.05, 3.63) is 0 Å². The van der Waals surface area contributed by atoms with Crippen LogP contribution >= 0.6 is 23.5 Å². The summed E-state index contributed by atoms with van der Waals surface area (Å²) in [6.45, 7) is 4.30. The van der Waals surface area contributed by atoms with E-state index in [0.29, 0.717) is 18.4 Å². The van der Waals surface area contributed by atoms with Crippen molar-refractivity contribution >= 4 is 47.3 Å². The van der Waals surface area contributed by atoms with Crippen molar-refractivity contribution in [2.45, 2.75) is 24.7 Å². The van der Waals surface area contributed by atoms with E-state index in [1.807, 2.05) is 6.92 Å². The molecular formula is C15H26N6O4S2. The monoisotopic (exact) mass is 418 g/mol. The highest BCUT2D eigenvalue weighted by molar-refractivity contribution is 8.06. The molecule has 2 rings (SSSR count). The lowest BCUT2D eigenvalue weighted by molar-refractivity contribution is -0.117. The second-order valence-corrected chi connectivity index (χ2v) is 7.81. The van der Waals surface area contributed by atoms with Gasteiger partial charge in [-0.25, -0.2) is 0 Å². The first kappa shape index (κ1) is 22.0.